The first kappa shape index (κ1) is 49.3. The molecule has 320 valence electrons. The molecule has 0 aromatic heterocycles. The molecule has 0 radical (unpaired) electrons. The lowest BCUT2D eigenvalue weighted by atomic mass is 9.89. The van der Waals surface area contributed by atoms with Gasteiger partial charge in [-0.1, -0.05) is 71.4 Å². The quantitative estimate of drug-likeness (QED) is 0.109. The van der Waals surface area contributed by atoms with Crippen LogP contribution >= 0.6 is 12.4 Å². The fourth-order valence-corrected chi connectivity index (χ4v) is 7.47. The van der Waals surface area contributed by atoms with E-state index in [0.29, 0.717) is 13.0 Å². The summed E-state index contributed by atoms with van der Waals surface area (Å²) in [6.07, 6.45) is 3.54. The highest BCUT2D eigenvalue weighted by atomic mass is 35.5. The Morgan fingerprint density at radius 1 is 0.965 bits per heavy atom. The molecule has 1 aromatic carbocycles. The van der Waals surface area contributed by atoms with E-state index < -0.39 is 54.1 Å². The third kappa shape index (κ3) is 13.6. The van der Waals surface area contributed by atoms with Crippen molar-refractivity contribution in [2.75, 3.05) is 54.1 Å². The van der Waals surface area contributed by atoms with E-state index in [2.05, 4.69) is 10.6 Å². The van der Waals surface area contributed by atoms with Crippen molar-refractivity contribution in [2.45, 2.75) is 103 Å². The predicted octanol–water partition coefficient (Wildman–Crippen LogP) is 2.10. The zero-order valence-electron chi connectivity index (χ0n) is 34.8. The van der Waals surface area contributed by atoms with Gasteiger partial charge in [0.25, 0.3) is 11.8 Å². The van der Waals surface area contributed by atoms with Gasteiger partial charge in [-0.15, -0.1) is 12.4 Å². The fraction of sp³-hybridized carbons (Fsp3) is 0.659. The third-order valence-corrected chi connectivity index (χ3v) is 11.1. The van der Waals surface area contributed by atoms with E-state index in [4.69, 9.17) is 19.9 Å². The first-order chi connectivity index (χ1) is 26.7. The van der Waals surface area contributed by atoms with Crippen LogP contribution in [0.5, 0.6) is 0 Å². The third-order valence-electron chi connectivity index (χ3n) is 11.1. The Hall–Kier alpha value is -3.89. The lowest BCUT2D eigenvalue weighted by Gasteiger charge is -2.40. The summed E-state index contributed by atoms with van der Waals surface area (Å²) in [5.41, 5.74) is 7.10. The van der Waals surface area contributed by atoms with Crippen LogP contribution in [0.25, 0.3) is 0 Å². The zero-order valence-corrected chi connectivity index (χ0v) is 35.6. The van der Waals surface area contributed by atoms with Gasteiger partial charge in [0, 0.05) is 52.9 Å². The van der Waals surface area contributed by atoms with E-state index in [1.807, 2.05) is 58.0 Å². The van der Waals surface area contributed by atoms with E-state index in [-0.39, 0.29) is 87.0 Å². The summed E-state index contributed by atoms with van der Waals surface area (Å²) in [5, 5.41) is 5.75. The lowest BCUT2D eigenvalue weighted by Crippen LogP contribution is -2.56. The molecule has 0 spiro atoms. The Morgan fingerprint density at radius 3 is 2.19 bits per heavy atom. The van der Waals surface area contributed by atoms with E-state index in [1.54, 1.807) is 30.9 Å². The Kier molecular flexibility index (Phi) is 20.9. The maximum atomic E-state index is 14.1. The van der Waals surface area contributed by atoms with Crippen LogP contribution in [0.1, 0.15) is 65.9 Å². The van der Waals surface area contributed by atoms with Crippen molar-refractivity contribution in [1.29, 1.82) is 0 Å². The van der Waals surface area contributed by atoms with Gasteiger partial charge >= 0.3 is 0 Å². The summed E-state index contributed by atoms with van der Waals surface area (Å²) in [6, 6.07) is 6.95. The average Bonchev–Trinajstić information content (AvgIpc) is 3.80. The summed E-state index contributed by atoms with van der Waals surface area (Å²) in [5.74, 6) is -2.70. The van der Waals surface area contributed by atoms with Gasteiger partial charge in [0.1, 0.15) is 6.04 Å². The molecule has 2 heterocycles. The normalized spacial score (nSPS) is 19.0. The van der Waals surface area contributed by atoms with Gasteiger partial charge in [-0.2, -0.15) is 0 Å². The summed E-state index contributed by atoms with van der Waals surface area (Å²) in [6.45, 7) is 10.6. The molecule has 0 saturated carbocycles. The van der Waals surface area contributed by atoms with E-state index >= 15 is 0 Å². The topological polar surface area (TPSA) is 190 Å². The Bertz CT molecular complexity index is 1500. The molecule has 1 saturated heterocycles. The zero-order chi connectivity index (χ0) is 41.5. The summed E-state index contributed by atoms with van der Waals surface area (Å²) >= 11 is 0. The van der Waals surface area contributed by atoms with Crippen molar-refractivity contribution >= 4 is 47.9 Å². The number of nitrogens with one attached hydrogen (secondary N) is 2. The molecule has 16 heteroatoms. The highest BCUT2D eigenvalue weighted by molar-refractivity contribution is 6.12. The standard InChI is InChI=1S/C41H64N6O9.ClH/c1-9-27(4)37(45(6)41(53)36(42)26(2)3)32(54-7)25-35(50)46-20-13-16-31(46)38(55-8)28(5)39(51)44-30(24-29-14-11-10-12-15-29)40(52)43-19-22-56-23-21-47-33(48)17-18-34(47)49;/h10-12,14-15,17-18,26-28,30-32,36-38H,9,13,16,19-25,42H2,1-8H3,(H,43,52)(H,44,51);1H/t27-,28+,30-,31-,32+,36-,37-,38+;/m0./s1. The van der Waals surface area contributed by atoms with Gasteiger partial charge in [0.2, 0.25) is 23.6 Å². The molecule has 3 rings (SSSR count). The van der Waals surface area contributed by atoms with Gasteiger partial charge in [-0.05, 0) is 30.2 Å². The van der Waals surface area contributed by atoms with Crippen LogP contribution in [0.3, 0.4) is 0 Å². The number of imide groups is 1. The fourth-order valence-electron chi connectivity index (χ4n) is 7.47. The van der Waals surface area contributed by atoms with Gasteiger partial charge in [0.15, 0.2) is 0 Å². The molecule has 8 atom stereocenters. The van der Waals surface area contributed by atoms with Gasteiger partial charge in [-0.3, -0.25) is 33.7 Å². The number of ether oxygens (including phenoxy) is 3. The number of carbonyl (C=O) groups excluding carboxylic acids is 6. The van der Waals surface area contributed by atoms with Crippen LogP contribution in [0.15, 0.2) is 42.5 Å². The molecular weight excluding hydrogens is 756 g/mol. The monoisotopic (exact) mass is 820 g/mol. The second-order valence-electron chi connectivity index (χ2n) is 15.2. The van der Waals surface area contributed by atoms with Crippen LogP contribution in [-0.4, -0.2) is 141 Å². The Labute approximate surface area is 344 Å². The second-order valence-corrected chi connectivity index (χ2v) is 15.2. The number of benzene rings is 1. The Balaban J connectivity index is 0.0000112. The molecule has 2 aliphatic rings. The number of nitrogens with zero attached hydrogens (tertiary/aromatic N) is 3. The number of amides is 6. The number of hydrogen-bond acceptors (Lipinski definition) is 10. The molecule has 6 amide bonds. The molecule has 0 bridgehead atoms. The summed E-state index contributed by atoms with van der Waals surface area (Å²) in [4.78, 5) is 82.8. The number of carbonyl (C=O) groups is 6. The Morgan fingerprint density at radius 2 is 1.61 bits per heavy atom. The van der Waals surface area contributed by atoms with Crippen LogP contribution in [-0.2, 0) is 49.4 Å². The van der Waals surface area contributed by atoms with Gasteiger partial charge in [-0.25, -0.2) is 0 Å². The van der Waals surface area contributed by atoms with Crippen LogP contribution < -0.4 is 16.4 Å². The van der Waals surface area contributed by atoms with Crippen LogP contribution in [0.2, 0.25) is 0 Å². The number of likely N-dealkylation sites (N-methyl/N-ethyl adjacent to an activating group) is 1. The molecule has 0 unspecified atom stereocenters. The molecule has 1 fully saturated rings. The van der Waals surface area contributed by atoms with E-state index in [0.717, 1.165) is 23.3 Å². The SMILES string of the molecule is CC[C@H](C)[C@@H]([C@@H](CC(=O)N1CCC[C@H]1[C@H](OC)[C@@H](C)C(=O)N[C@@H](Cc1ccccc1)C(=O)NCCOCCN1C(=O)C=CC1=O)OC)N(C)C(=O)[C@@H](N)C(C)C.Cl. The predicted molar refractivity (Wildman–Crippen MR) is 218 cm³/mol. The van der Waals surface area contributed by atoms with Gasteiger partial charge < -0.3 is 40.4 Å². The first-order valence-corrected chi connectivity index (χ1v) is 19.8. The number of rotatable bonds is 23. The number of hydrogen-bond donors (Lipinski definition) is 3. The molecular formula is C41H65ClN6O9. The summed E-state index contributed by atoms with van der Waals surface area (Å²) in [7, 11) is 4.79. The molecule has 4 N–H and O–H groups in total. The van der Waals surface area contributed by atoms with Crippen LogP contribution in [0, 0.1) is 17.8 Å². The second kappa shape index (κ2) is 24.1. The van der Waals surface area contributed by atoms with Crippen molar-refractivity contribution < 1.29 is 43.0 Å². The van der Waals surface area contributed by atoms with Crippen molar-refractivity contribution in [3.05, 3.63) is 48.0 Å². The first-order valence-electron chi connectivity index (χ1n) is 19.8. The van der Waals surface area contributed by atoms with Crippen molar-refractivity contribution in [3.8, 4) is 0 Å². The van der Waals surface area contributed by atoms with Crippen molar-refractivity contribution in [1.82, 2.24) is 25.3 Å². The molecule has 2 aliphatic heterocycles. The number of halogens is 1. The number of likely N-dealkylation sites (tertiary alicyclic amines) is 1. The largest absolute Gasteiger partial charge is 0.379 e. The molecule has 0 aliphatic carbocycles. The van der Waals surface area contributed by atoms with E-state index in [9.17, 15) is 28.8 Å². The smallest absolute Gasteiger partial charge is 0.253 e. The minimum absolute atomic E-state index is 0. The average molecular weight is 821 g/mol. The van der Waals surface area contributed by atoms with Crippen molar-refractivity contribution in [3.63, 3.8) is 0 Å². The molecule has 57 heavy (non-hydrogen) atoms. The number of nitrogens with two attached hydrogens (primary N) is 1. The summed E-state index contributed by atoms with van der Waals surface area (Å²) < 4.78 is 17.4. The molecule has 1 aromatic rings. The maximum Gasteiger partial charge on any atom is 0.253 e. The maximum absolute atomic E-state index is 14.1. The lowest BCUT2D eigenvalue weighted by molar-refractivity contribution is -0.146. The number of methoxy groups -OCH3 is 2. The molecule has 15 nitrogen and oxygen atoms in total. The minimum Gasteiger partial charge on any atom is -0.379 e. The van der Waals surface area contributed by atoms with Crippen molar-refractivity contribution in [2.24, 2.45) is 23.5 Å². The minimum atomic E-state index is -0.916. The highest BCUT2D eigenvalue weighted by Crippen LogP contribution is 2.29. The van der Waals surface area contributed by atoms with Crippen LogP contribution in [0.4, 0.5) is 0 Å². The van der Waals surface area contributed by atoms with E-state index in [1.165, 1.54) is 19.3 Å². The van der Waals surface area contributed by atoms with Gasteiger partial charge in [0.05, 0.1) is 62.4 Å². The highest BCUT2D eigenvalue weighted by Gasteiger charge is 2.43.